The van der Waals surface area contributed by atoms with Gasteiger partial charge in [-0.2, -0.15) is 0 Å². The third-order valence-electron chi connectivity index (χ3n) is 4.06. The number of halogens is 1. The Morgan fingerprint density at radius 3 is 2.64 bits per heavy atom. The first-order valence-corrected chi connectivity index (χ1v) is 6.39. The van der Waals surface area contributed by atoms with Crippen LogP contribution in [0, 0.1) is 0 Å². The van der Waals surface area contributed by atoms with Crippen molar-refractivity contribution in [1.29, 1.82) is 0 Å². The molecule has 2 aliphatic rings. The molecule has 0 N–H and O–H groups in total. The van der Waals surface area contributed by atoms with Gasteiger partial charge in [-0.3, -0.25) is 0 Å². The first kappa shape index (κ1) is 8.96. The average Bonchev–Trinajstić information content (AvgIpc) is 2.77. The number of rotatable bonds is 0. The van der Waals surface area contributed by atoms with Crippen LogP contribution in [0.15, 0.2) is 22.7 Å². The molecule has 1 saturated carbocycles. The van der Waals surface area contributed by atoms with E-state index in [1.165, 1.54) is 43.0 Å². The lowest BCUT2D eigenvalue weighted by molar-refractivity contribution is 0.437. The van der Waals surface area contributed by atoms with Crippen LogP contribution >= 0.6 is 15.9 Å². The highest BCUT2D eigenvalue weighted by atomic mass is 79.9. The van der Waals surface area contributed by atoms with E-state index >= 15 is 0 Å². The smallest absolute Gasteiger partial charge is 0.0215 e. The molecular weight excluding hydrogens is 236 g/mol. The molecule has 3 rings (SSSR count). The summed E-state index contributed by atoms with van der Waals surface area (Å²) in [4.78, 5) is 0. The first-order chi connectivity index (χ1) is 6.82. The zero-order chi connectivity index (χ0) is 9.60. The Labute approximate surface area is 93.8 Å². The zero-order valence-electron chi connectivity index (χ0n) is 8.35. The van der Waals surface area contributed by atoms with Gasteiger partial charge in [0.2, 0.25) is 0 Å². The summed E-state index contributed by atoms with van der Waals surface area (Å²) in [5.74, 6) is 0. The summed E-state index contributed by atoms with van der Waals surface area (Å²) in [5, 5.41) is 0. The summed E-state index contributed by atoms with van der Waals surface area (Å²) in [6.07, 6.45) is 8.40. The predicted octanol–water partition coefficient (Wildman–Crippen LogP) is 4.21. The largest absolute Gasteiger partial charge is 0.0609 e. The highest BCUT2D eigenvalue weighted by Crippen LogP contribution is 2.52. The van der Waals surface area contributed by atoms with Crippen LogP contribution in [0.25, 0.3) is 0 Å². The van der Waals surface area contributed by atoms with Gasteiger partial charge in [-0.1, -0.05) is 40.9 Å². The van der Waals surface area contributed by atoms with Gasteiger partial charge < -0.3 is 0 Å². The molecule has 1 heteroatoms. The standard InChI is InChI=1S/C13H15Br/c14-11-5-3-4-10-6-9-13(12(10)11)7-1-2-8-13/h3-5H,1-2,6-9H2. The Morgan fingerprint density at radius 1 is 1.07 bits per heavy atom. The Bertz CT molecular complexity index is 361. The van der Waals surface area contributed by atoms with Crippen LogP contribution in [-0.2, 0) is 11.8 Å². The lowest BCUT2D eigenvalue weighted by atomic mass is 9.80. The summed E-state index contributed by atoms with van der Waals surface area (Å²) >= 11 is 3.73. The maximum absolute atomic E-state index is 3.73. The van der Waals surface area contributed by atoms with E-state index in [4.69, 9.17) is 0 Å². The maximum Gasteiger partial charge on any atom is 0.0215 e. The van der Waals surface area contributed by atoms with Gasteiger partial charge in [0.25, 0.3) is 0 Å². The number of hydrogen-bond donors (Lipinski definition) is 0. The molecule has 0 nitrogen and oxygen atoms in total. The second-order valence-electron chi connectivity index (χ2n) is 4.76. The molecular formula is C13H15Br. The van der Waals surface area contributed by atoms with Crippen molar-refractivity contribution in [2.24, 2.45) is 0 Å². The highest BCUT2D eigenvalue weighted by Gasteiger charge is 2.41. The fourth-order valence-corrected chi connectivity index (χ4v) is 4.25. The van der Waals surface area contributed by atoms with Crippen LogP contribution in [0.2, 0.25) is 0 Å². The van der Waals surface area contributed by atoms with Gasteiger partial charge in [-0.05, 0) is 48.3 Å². The lowest BCUT2D eigenvalue weighted by Crippen LogP contribution is -2.18. The molecule has 1 spiro atoms. The summed E-state index contributed by atoms with van der Waals surface area (Å²) in [6.45, 7) is 0. The summed E-state index contributed by atoms with van der Waals surface area (Å²) in [7, 11) is 0. The lowest BCUT2D eigenvalue weighted by Gasteiger charge is -2.25. The third kappa shape index (κ3) is 1.11. The normalized spacial score (nSPS) is 22.9. The van der Waals surface area contributed by atoms with Crippen molar-refractivity contribution >= 4 is 15.9 Å². The highest BCUT2D eigenvalue weighted by molar-refractivity contribution is 9.10. The van der Waals surface area contributed by atoms with E-state index in [9.17, 15) is 0 Å². The van der Waals surface area contributed by atoms with Gasteiger partial charge >= 0.3 is 0 Å². The van der Waals surface area contributed by atoms with Gasteiger partial charge in [-0.15, -0.1) is 0 Å². The minimum Gasteiger partial charge on any atom is -0.0609 e. The molecule has 2 aliphatic carbocycles. The van der Waals surface area contributed by atoms with Crippen LogP contribution in [0.3, 0.4) is 0 Å². The monoisotopic (exact) mass is 250 g/mol. The van der Waals surface area contributed by atoms with Crippen molar-refractivity contribution < 1.29 is 0 Å². The quantitative estimate of drug-likeness (QED) is 0.648. The molecule has 0 aromatic heterocycles. The van der Waals surface area contributed by atoms with E-state index in [0.29, 0.717) is 5.41 Å². The number of benzene rings is 1. The fourth-order valence-electron chi connectivity index (χ4n) is 3.42. The van der Waals surface area contributed by atoms with Gasteiger partial charge in [0, 0.05) is 4.47 Å². The minimum atomic E-state index is 0.565. The minimum absolute atomic E-state index is 0.565. The second kappa shape index (κ2) is 3.10. The Balaban J connectivity index is 2.16. The van der Waals surface area contributed by atoms with Crippen LogP contribution in [0.1, 0.15) is 43.2 Å². The molecule has 0 radical (unpaired) electrons. The molecule has 0 unspecified atom stereocenters. The van der Waals surface area contributed by atoms with E-state index in [1.54, 1.807) is 11.1 Å². The Morgan fingerprint density at radius 2 is 1.86 bits per heavy atom. The van der Waals surface area contributed by atoms with Gasteiger partial charge in [0.1, 0.15) is 0 Å². The average molecular weight is 251 g/mol. The van der Waals surface area contributed by atoms with E-state index < -0.39 is 0 Å². The van der Waals surface area contributed by atoms with Crippen molar-refractivity contribution in [3.63, 3.8) is 0 Å². The molecule has 0 saturated heterocycles. The summed E-state index contributed by atoms with van der Waals surface area (Å²) in [5.41, 5.74) is 3.81. The van der Waals surface area contributed by atoms with Crippen molar-refractivity contribution in [2.75, 3.05) is 0 Å². The predicted molar refractivity (Wildman–Crippen MR) is 62.6 cm³/mol. The third-order valence-corrected chi connectivity index (χ3v) is 4.72. The van der Waals surface area contributed by atoms with E-state index in [-0.39, 0.29) is 0 Å². The molecule has 14 heavy (non-hydrogen) atoms. The topological polar surface area (TPSA) is 0 Å². The van der Waals surface area contributed by atoms with Crippen LogP contribution in [0.4, 0.5) is 0 Å². The molecule has 0 amide bonds. The van der Waals surface area contributed by atoms with Gasteiger partial charge in [0.05, 0.1) is 0 Å². The van der Waals surface area contributed by atoms with Gasteiger partial charge in [0.15, 0.2) is 0 Å². The van der Waals surface area contributed by atoms with Crippen molar-refractivity contribution in [3.05, 3.63) is 33.8 Å². The Kier molecular flexibility index (Phi) is 1.98. The molecule has 74 valence electrons. The van der Waals surface area contributed by atoms with Crippen LogP contribution in [-0.4, -0.2) is 0 Å². The molecule has 0 bridgehead atoms. The van der Waals surface area contributed by atoms with Crippen LogP contribution in [0.5, 0.6) is 0 Å². The fraction of sp³-hybridized carbons (Fsp3) is 0.538. The molecule has 1 fully saturated rings. The summed E-state index contributed by atoms with van der Waals surface area (Å²) < 4.78 is 1.36. The number of fused-ring (bicyclic) bond motifs is 2. The number of hydrogen-bond acceptors (Lipinski definition) is 0. The van der Waals surface area contributed by atoms with E-state index in [1.807, 2.05) is 0 Å². The van der Waals surface area contributed by atoms with E-state index in [0.717, 1.165) is 0 Å². The zero-order valence-corrected chi connectivity index (χ0v) is 9.94. The molecule has 0 aliphatic heterocycles. The molecule has 1 aromatic rings. The second-order valence-corrected chi connectivity index (χ2v) is 5.62. The molecule has 0 atom stereocenters. The van der Waals surface area contributed by atoms with Crippen LogP contribution < -0.4 is 0 Å². The molecule has 0 heterocycles. The molecule has 1 aromatic carbocycles. The van der Waals surface area contributed by atoms with Gasteiger partial charge in [-0.25, -0.2) is 0 Å². The van der Waals surface area contributed by atoms with Crippen molar-refractivity contribution in [2.45, 2.75) is 43.9 Å². The maximum atomic E-state index is 3.73. The SMILES string of the molecule is Brc1cccc2c1C1(CCCC1)CC2. The summed E-state index contributed by atoms with van der Waals surface area (Å²) in [6, 6.07) is 6.70. The van der Waals surface area contributed by atoms with E-state index in [2.05, 4.69) is 34.1 Å². The first-order valence-electron chi connectivity index (χ1n) is 5.60. The Hall–Kier alpha value is -0.300. The van der Waals surface area contributed by atoms with Crippen molar-refractivity contribution in [1.82, 2.24) is 0 Å². The number of aryl methyl sites for hydroxylation is 1. The van der Waals surface area contributed by atoms with Crippen molar-refractivity contribution in [3.8, 4) is 0 Å².